The lowest BCUT2D eigenvalue weighted by atomic mass is 10.2. The Morgan fingerprint density at radius 1 is 0.852 bits per heavy atom. The number of hydrogen-bond donors (Lipinski definition) is 0. The predicted molar refractivity (Wildman–Crippen MR) is 111 cm³/mol. The van der Waals surface area contributed by atoms with Crippen molar-refractivity contribution in [2.24, 2.45) is 0 Å². The smallest absolute Gasteiger partial charge is 0.320 e. The normalized spacial score (nSPS) is 14.0. The van der Waals surface area contributed by atoms with Gasteiger partial charge in [0.2, 0.25) is 0 Å². The van der Waals surface area contributed by atoms with Crippen LogP contribution < -0.4 is 19.5 Å². The lowest BCUT2D eigenvalue weighted by molar-refractivity contribution is 0.406. The van der Waals surface area contributed by atoms with Gasteiger partial charge in [-0.1, -0.05) is 81.4 Å². The molecule has 0 heterocycles. The maximum Gasteiger partial charge on any atom is 0.320 e. The van der Waals surface area contributed by atoms with Gasteiger partial charge in [0.05, 0.1) is 11.2 Å². The summed E-state index contributed by atoms with van der Waals surface area (Å²) in [4.78, 5) is 0. The molecule has 2 nitrogen and oxygen atoms in total. The Bertz CT molecular complexity index is 947. The summed E-state index contributed by atoms with van der Waals surface area (Å²) in [6, 6.07) is 23.7. The van der Waals surface area contributed by atoms with Crippen molar-refractivity contribution >= 4 is 18.7 Å². The third-order valence-electron chi connectivity index (χ3n) is 4.70. The Labute approximate surface area is 165 Å². The molecule has 0 radical (unpaired) electrons. The van der Waals surface area contributed by atoms with Crippen LogP contribution in [-0.4, -0.2) is 15.4 Å². The van der Waals surface area contributed by atoms with Gasteiger partial charge in [-0.15, -0.1) is 0 Å². The van der Waals surface area contributed by atoms with Crippen LogP contribution in [0.1, 0.15) is 24.9 Å². The number of rotatable bonds is 5. The number of benzene rings is 3. The van der Waals surface area contributed by atoms with Crippen molar-refractivity contribution in [1.82, 2.24) is 0 Å². The molecule has 0 saturated carbocycles. The van der Waals surface area contributed by atoms with E-state index in [9.17, 15) is 0 Å². The fourth-order valence-corrected chi connectivity index (χ4v) is 7.87. The molecule has 4 heteroatoms. The third kappa shape index (κ3) is 3.62. The van der Waals surface area contributed by atoms with E-state index < -0.39 is 21.2 Å². The van der Waals surface area contributed by atoms with Crippen molar-refractivity contribution in [3.8, 4) is 11.5 Å². The van der Waals surface area contributed by atoms with Gasteiger partial charge >= 0.3 is 8.32 Å². The first kappa shape index (κ1) is 15.5. The van der Waals surface area contributed by atoms with Crippen molar-refractivity contribution in [2.45, 2.75) is 25.8 Å². The van der Waals surface area contributed by atoms with Gasteiger partial charge in [-0.05, 0) is 27.5 Å². The molecule has 0 fully saturated rings. The van der Waals surface area contributed by atoms with Gasteiger partial charge in [0.25, 0.3) is 0 Å². The molecular weight excluding hydrogens is 355 g/mol. The highest BCUT2D eigenvalue weighted by Gasteiger charge is 2.52. The fraction of sp³-hybridized carbons (Fsp3) is 0.217. The molecule has 3 rings (SSSR count). The van der Waals surface area contributed by atoms with Crippen LogP contribution in [0, 0.1) is 5.82 Å². The van der Waals surface area contributed by atoms with E-state index in [1.165, 1.54) is 12.1 Å². The van der Waals surface area contributed by atoms with Crippen LogP contribution in [0.2, 0.25) is 5.04 Å². The summed E-state index contributed by atoms with van der Waals surface area (Å²) in [7, 11) is -5.62. The van der Waals surface area contributed by atoms with E-state index in [0.29, 0.717) is 0 Å². The topological polar surface area (TPSA) is 18.5 Å². The Hall–Kier alpha value is -2.59. The Kier molecular flexibility index (Phi) is 4.33. The molecule has 0 atom stereocenters. The first-order valence-electron chi connectivity index (χ1n) is 10.3. The molecule has 140 valence electrons. The Morgan fingerprint density at radius 3 is 1.85 bits per heavy atom. The van der Waals surface area contributed by atoms with Gasteiger partial charge in [0.15, 0.2) is 5.82 Å². The fourth-order valence-electron chi connectivity index (χ4n) is 3.44. The largest absolute Gasteiger partial charge is 0.532 e. The molecule has 0 amide bonds. The van der Waals surface area contributed by atoms with Crippen LogP contribution in [-0.2, 0) is 0 Å². The summed E-state index contributed by atoms with van der Waals surface area (Å²) in [5.41, 5.74) is 0. The lowest BCUT2D eigenvalue weighted by Crippen LogP contribution is -2.68. The van der Waals surface area contributed by atoms with Crippen LogP contribution >= 0.6 is 0 Å². The molecule has 0 spiro atoms. The maximum absolute atomic E-state index is 15.0. The van der Waals surface area contributed by atoms with E-state index in [4.69, 9.17) is 13.3 Å². The summed E-state index contributed by atoms with van der Waals surface area (Å²) >= 11 is 0. The van der Waals surface area contributed by atoms with E-state index in [2.05, 4.69) is 20.8 Å². The van der Waals surface area contributed by atoms with Gasteiger partial charge in [0.1, 0.15) is 11.5 Å². The van der Waals surface area contributed by atoms with Gasteiger partial charge in [-0.25, -0.2) is 4.39 Å². The Balaban J connectivity index is 2.15. The van der Waals surface area contributed by atoms with Gasteiger partial charge in [-0.2, -0.15) is 0 Å². The lowest BCUT2D eigenvalue weighted by Gasteiger charge is -2.43. The summed E-state index contributed by atoms with van der Waals surface area (Å²) < 4.78 is 48.1. The number of ether oxygens (including phenoxy) is 1. The van der Waals surface area contributed by atoms with Crippen molar-refractivity contribution in [2.75, 3.05) is 7.04 Å². The van der Waals surface area contributed by atoms with Crippen LogP contribution in [0.15, 0.2) is 78.9 Å². The molecule has 0 aromatic heterocycles. The molecule has 0 aliphatic carbocycles. The van der Waals surface area contributed by atoms with Crippen LogP contribution in [0.4, 0.5) is 4.39 Å². The molecule has 0 aliphatic rings. The first-order valence-corrected chi connectivity index (χ1v) is 10.7. The average Bonchev–Trinajstić information content (AvgIpc) is 2.67. The zero-order valence-corrected chi connectivity index (χ0v) is 16.7. The van der Waals surface area contributed by atoms with Crippen LogP contribution in [0.3, 0.4) is 0 Å². The molecule has 0 saturated heterocycles. The quantitative estimate of drug-likeness (QED) is 0.591. The summed E-state index contributed by atoms with van der Waals surface area (Å²) in [5, 5.41) is 1.72. The second-order valence-corrected chi connectivity index (χ2v) is 11.7. The highest BCUT2D eigenvalue weighted by Crippen LogP contribution is 2.38. The second-order valence-electron chi connectivity index (χ2n) is 7.46. The minimum atomic E-state index is -2.98. The van der Waals surface area contributed by atoms with Crippen LogP contribution in [0.25, 0.3) is 0 Å². The van der Waals surface area contributed by atoms with Gasteiger partial charge in [-0.3, -0.25) is 0 Å². The standard InChI is InChI=1S/C23H25FO2Si/c1-23(2,3)27(19-11-7-5-8-12-19,20-13-9-6-10-14-20)26-22-16-15-18(25-4)17-21(22)24/h5-17H,1-4H3/i4D3. The first-order chi connectivity index (χ1) is 14.0. The van der Waals surface area contributed by atoms with Crippen molar-refractivity contribution in [1.29, 1.82) is 0 Å². The maximum atomic E-state index is 15.0. The number of halogens is 1. The summed E-state index contributed by atoms with van der Waals surface area (Å²) in [6.07, 6.45) is 0. The number of methoxy groups -OCH3 is 1. The van der Waals surface area contributed by atoms with Gasteiger partial charge in [0, 0.05) is 6.07 Å². The minimum absolute atomic E-state index is 0.0673. The van der Waals surface area contributed by atoms with Crippen LogP contribution in [0.5, 0.6) is 11.5 Å². The molecule has 3 aromatic rings. The zero-order chi connectivity index (χ0) is 22.0. The SMILES string of the molecule is [2H]C([2H])([2H])Oc1ccc(O[Si](c2ccccc2)(c2ccccc2)C(C)(C)C)c(F)c1. The average molecular weight is 384 g/mol. The Morgan fingerprint density at radius 2 is 1.41 bits per heavy atom. The van der Waals surface area contributed by atoms with E-state index in [1.54, 1.807) is 0 Å². The summed E-state index contributed by atoms with van der Waals surface area (Å²) in [5.74, 6) is -0.658. The molecular formula is C23H25FO2Si. The van der Waals surface area contributed by atoms with E-state index in [0.717, 1.165) is 16.4 Å². The molecule has 0 aliphatic heterocycles. The molecule has 3 aromatic carbocycles. The second kappa shape index (κ2) is 7.57. The number of hydrogen-bond acceptors (Lipinski definition) is 2. The van der Waals surface area contributed by atoms with Crippen molar-refractivity contribution in [3.05, 3.63) is 84.7 Å². The zero-order valence-electron chi connectivity index (χ0n) is 18.7. The molecule has 0 unspecified atom stereocenters. The van der Waals surface area contributed by atoms with E-state index >= 15 is 4.39 Å². The van der Waals surface area contributed by atoms with Crippen molar-refractivity contribution in [3.63, 3.8) is 0 Å². The highest BCUT2D eigenvalue weighted by molar-refractivity contribution is 7.00. The minimum Gasteiger partial charge on any atom is -0.532 e. The molecule has 0 N–H and O–H groups in total. The predicted octanol–water partition coefficient (Wildman–Crippen LogP) is 4.77. The molecule has 0 bridgehead atoms. The van der Waals surface area contributed by atoms with E-state index in [1.807, 2.05) is 60.7 Å². The van der Waals surface area contributed by atoms with Crippen molar-refractivity contribution < 1.29 is 17.7 Å². The van der Waals surface area contributed by atoms with Gasteiger partial charge < -0.3 is 9.16 Å². The third-order valence-corrected chi connectivity index (χ3v) is 9.63. The molecule has 27 heavy (non-hydrogen) atoms. The monoisotopic (exact) mass is 383 g/mol. The highest BCUT2D eigenvalue weighted by atomic mass is 28.4. The summed E-state index contributed by atoms with van der Waals surface area (Å²) in [6.45, 7) is 6.30. The van der Waals surface area contributed by atoms with E-state index in [-0.39, 0.29) is 16.5 Å².